The normalized spacial score (nSPS) is 10.9. The first-order valence-electron chi connectivity index (χ1n) is 8.94. The first kappa shape index (κ1) is 20.5. The Labute approximate surface area is 176 Å². The fourth-order valence-electron chi connectivity index (χ4n) is 2.76. The molecule has 0 aliphatic heterocycles. The number of benzene rings is 2. The summed E-state index contributed by atoms with van der Waals surface area (Å²) >= 11 is 3.51. The Hall–Kier alpha value is -3.19. The minimum Gasteiger partial charge on any atom is -0.478 e. The third-order valence-electron chi connectivity index (χ3n) is 4.13. The predicted molar refractivity (Wildman–Crippen MR) is 112 cm³/mol. The van der Waals surface area contributed by atoms with Crippen molar-refractivity contribution in [2.24, 2.45) is 0 Å². The van der Waals surface area contributed by atoms with Gasteiger partial charge in [-0.15, -0.1) is 0 Å². The van der Waals surface area contributed by atoms with Crippen LogP contribution >= 0.6 is 15.9 Å². The van der Waals surface area contributed by atoms with Crippen LogP contribution in [0.1, 0.15) is 33.1 Å². The number of aliphatic carboxylic acids is 1. The number of nitrogens with zero attached hydrogens (tertiary/aromatic N) is 1. The lowest BCUT2D eigenvalue weighted by Gasteiger charge is -2.04. The number of carbonyl (C=O) groups is 2. The summed E-state index contributed by atoms with van der Waals surface area (Å²) in [6, 6.07) is 17.1. The summed E-state index contributed by atoms with van der Waals surface area (Å²) in [7, 11) is 0. The van der Waals surface area contributed by atoms with Crippen molar-refractivity contribution in [3.05, 3.63) is 99.6 Å². The molecule has 6 nitrogen and oxygen atoms in total. The Balaban J connectivity index is 1.80. The second-order valence-corrected chi connectivity index (χ2v) is 7.14. The summed E-state index contributed by atoms with van der Waals surface area (Å²) in [5.74, 6) is -1.00. The maximum Gasteiger partial charge on any atom is 0.359 e. The van der Waals surface area contributed by atoms with Gasteiger partial charge in [-0.25, -0.2) is 14.6 Å². The standard InChI is InChI=1S/C22H19BrN2O4/c23-17-10-5-4-9-16(17)13-19-24-18(11-6-12-20(26)27)21(25-19)22(28)29-14-15-7-2-1-3-8-15/h1-10,12H,11,13-14H2,(H,24,25)(H,26,27). The lowest BCUT2D eigenvalue weighted by Crippen LogP contribution is -2.08. The van der Waals surface area contributed by atoms with Crippen LogP contribution in [0.2, 0.25) is 0 Å². The molecule has 0 radical (unpaired) electrons. The van der Waals surface area contributed by atoms with Gasteiger partial charge in [0, 0.05) is 23.4 Å². The molecule has 2 N–H and O–H groups in total. The minimum absolute atomic E-state index is 0.135. The number of carboxylic acid groups (broad SMARTS) is 1. The fourth-order valence-corrected chi connectivity index (χ4v) is 3.18. The van der Waals surface area contributed by atoms with Gasteiger partial charge in [0.25, 0.3) is 0 Å². The van der Waals surface area contributed by atoms with Crippen molar-refractivity contribution in [2.75, 3.05) is 0 Å². The van der Waals surface area contributed by atoms with Crippen molar-refractivity contribution < 1.29 is 19.4 Å². The molecule has 0 aliphatic rings. The molecular weight excluding hydrogens is 436 g/mol. The predicted octanol–water partition coefficient (Wildman–Crippen LogP) is 4.30. The topological polar surface area (TPSA) is 92.3 Å². The zero-order chi connectivity index (χ0) is 20.6. The van der Waals surface area contributed by atoms with Crippen molar-refractivity contribution >= 4 is 27.9 Å². The number of aromatic nitrogens is 2. The highest BCUT2D eigenvalue weighted by atomic mass is 79.9. The first-order chi connectivity index (χ1) is 14.0. The minimum atomic E-state index is -1.05. The molecule has 0 amide bonds. The summed E-state index contributed by atoms with van der Waals surface area (Å²) in [4.78, 5) is 30.9. The van der Waals surface area contributed by atoms with Crippen LogP contribution < -0.4 is 0 Å². The second-order valence-electron chi connectivity index (χ2n) is 6.29. The number of imidazole rings is 1. The molecular formula is C22H19BrN2O4. The molecule has 0 bridgehead atoms. The van der Waals surface area contributed by atoms with E-state index in [4.69, 9.17) is 9.84 Å². The highest BCUT2D eigenvalue weighted by molar-refractivity contribution is 9.10. The molecule has 0 fully saturated rings. The van der Waals surface area contributed by atoms with E-state index in [1.807, 2.05) is 54.6 Å². The summed E-state index contributed by atoms with van der Waals surface area (Å²) in [5, 5.41) is 8.80. The smallest absolute Gasteiger partial charge is 0.359 e. The number of ether oxygens (including phenoxy) is 1. The van der Waals surface area contributed by atoms with Crippen LogP contribution in [0.5, 0.6) is 0 Å². The number of esters is 1. The van der Waals surface area contributed by atoms with Crippen molar-refractivity contribution in [2.45, 2.75) is 19.4 Å². The molecule has 0 unspecified atom stereocenters. The number of hydrogen-bond donors (Lipinski definition) is 2. The van der Waals surface area contributed by atoms with Gasteiger partial charge in [0.2, 0.25) is 0 Å². The summed E-state index contributed by atoms with van der Waals surface area (Å²) in [6.07, 6.45) is 3.22. The van der Waals surface area contributed by atoms with Crippen LogP contribution in [0.4, 0.5) is 0 Å². The maximum atomic E-state index is 12.6. The van der Waals surface area contributed by atoms with E-state index in [0.717, 1.165) is 21.7 Å². The third kappa shape index (κ3) is 5.89. The Morgan fingerprint density at radius 3 is 2.55 bits per heavy atom. The summed E-state index contributed by atoms with van der Waals surface area (Å²) < 4.78 is 6.34. The van der Waals surface area contributed by atoms with Gasteiger partial charge >= 0.3 is 11.9 Å². The zero-order valence-electron chi connectivity index (χ0n) is 15.5. The van der Waals surface area contributed by atoms with E-state index in [1.54, 1.807) is 0 Å². The first-order valence-corrected chi connectivity index (χ1v) is 9.74. The monoisotopic (exact) mass is 454 g/mol. The van der Waals surface area contributed by atoms with Crippen molar-refractivity contribution in [3.8, 4) is 0 Å². The summed E-state index contributed by atoms with van der Waals surface area (Å²) in [5.41, 5.74) is 2.57. The molecule has 2 aromatic carbocycles. The van der Waals surface area contributed by atoms with Gasteiger partial charge in [0.15, 0.2) is 5.69 Å². The van der Waals surface area contributed by atoms with E-state index >= 15 is 0 Å². The van der Waals surface area contributed by atoms with E-state index in [9.17, 15) is 9.59 Å². The fraction of sp³-hybridized carbons (Fsp3) is 0.136. The second kappa shape index (κ2) is 9.84. The zero-order valence-corrected chi connectivity index (χ0v) is 17.1. The third-order valence-corrected chi connectivity index (χ3v) is 4.91. The van der Waals surface area contributed by atoms with E-state index in [2.05, 4.69) is 25.9 Å². The van der Waals surface area contributed by atoms with Gasteiger partial charge in [0.1, 0.15) is 12.4 Å². The lowest BCUT2D eigenvalue weighted by atomic mass is 10.1. The molecule has 1 heterocycles. The number of aromatic amines is 1. The number of H-pyrrole nitrogens is 1. The van der Waals surface area contributed by atoms with Crippen LogP contribution in [0.3, 0.4) is 0 Å². The van der Waals surface area contributed by atoms with Gasteiger partial charge < -0.3 is 14.8 Å². The molecule has 0 spiro atoms. The largest absolute Gasteiger partial charge is 0.478 e. The number of rotatable bonds is 8. The maximum absolute atomic E-state index is 12.6. The van der Waals surface area contributed by atoms with E-state index in [-0.39, 0.29) is 18.7 Å². The number of allylic oxidation sites excluding steroid dienone is 1. The van der Waals surface area contributed by atoms with Crippen LogP contribution in [0.25, 0.3) is 0 Å². The molecule has 0 saturated heterocycles. The van der Waals surface area contributed by atoms with Crippen LogP contribution in [0, 0.1) is 0 Å². The molecule has 3 rings (SSSR count). The molecule has 0 atom stereocenters. The number of hydrogen-bond acceptors (Lipinski definition) is 4. The SMILES string of the molecule is O=C(O)C=CCc1[nH]c(Cc2ccccc2Br)nc1C(=O)OCc1ccccc1. The van der Waals surface area contributed by atoms with E-state index in [0.29, 0.717) is 17.9 Å². The summed E-state index contributed by atoms with van der Waals surface area (Å²) in [6.45, 7) is 0.135. The Morgan fingerprint density at radius 2 is 1.83 bits per heavy atom. The van der Waals surface area contributed by atoms with E-state index in [1.165, 1.54) is 6.08 Å². The average molecular weight is 455 g/mol. The van der Waals surface area contributed by atoms with Crippen molar-refractivity contribution in [3.63, 3.8) is 0 Å². The Morgan fingerprint density at radius 1 is 1.10 bits per heavy atom. The van der Waals surface area contributed by atoms with Crippen molar-refractivity contribution in [1.29, 1.82) is 0 Å². The van der Waals surface area contributed by atoms with Gasteiger partial charge in [-0.3, -0.25) is 0 Å². The van der Waals surface area contributed by atoms with Crippen molar-refractivity contribution in [1.82, 2.24) is 9.97 Å². The average Bonchev–Trinajstić information content (AvgIpc) is 3.11. The lowest BCUT2D eigenvalue weighted by molar-refractivity contribution is -0.131. The Bertz CT molecular complexity index is 1030. The number of halogens is 1. The number of carbonyl (C=O) groups excluding carboxylic acids is 1. The van der Waals surface area contributed by atoms with E-state index < -0.39 is 11.9 Å². The van der Waals surface area contributed by atoms with Gasteiger partial charge in [-0.2, -0.15) is 0 Å². The van der Waals surface area contributed by atoms with Gasteiger partial charge in [-0.05, 0) is 17.2 Å². The molecule has 29 heavy (non-hydrogen) atoms. The highest BCUT2D eigenvalue weighted by Crippen LogP contribution is 2.20. The molecule has 0 saturated carbocycles. The molecule has 1 aromatic heterocycles. The molecule has 7 heteroatoms. The van der Waals surface area contributed by atoms with Gasteiger partial charge in [-0.1, -0.05) is 70.5 Å². The molecule has 0 aliphatic carbocycles. The van der Waals surface area contributed by atoms with Crippen LogP contribution in [-0.4, -0.2) is 27.0 Å². The van der Waals surface area contributed by atoms with Gasteiger partial charge in [0.05, 0.1) is 5.69 Å². The van der Waals surface area contributed by atoms with Crippen LogP contribution in [0.15, 0.2) is 71.2 Å². The number of carboxylic acids is 1. The highest BCUT2D eigenvalue weighted by Gasteiger charge is 2.19. The molecule has 148 valence electrons. The number of nitrogens with one attached hydrogen (secondary N) is 1. The van der Waals surface area contributed by atoms with Crippen LogP contribution in [-0.2, 0) is 29.0 Å². The molecule has 3 aromatic rings. The Kier molecular flexibility index (Phi) is 6.97. The quantitative estimate of drug-likeness (QED) is 0.390.